The number of hydrogen-bond acceptors (Lipinski definition) is 5. The number of hydrogen-bond donors (Lipinski definition) is 2. The predicted octanol–water partition coefficient (Wildman–Crippen LogP) is -0.396. The Kier molecular flexibility index (Phi) is 3.23. The summed E-state index contributed by atoms with van der Waals surface area (Å²) in [5, 5.41) is 5.72. The molecule has 0 aromatic heterocycles. The van der Waals surface area contributed by atoms with E-state index in [0.29, 0.717) is 25.0 Å². The van der Waals surface area contributed by atoms with Crippen LogP contribution in [0.4, 0.5) is 0 Å². The summed E-state index contributed by atoms with van der Waals surface area (Å²) in [7, 11) is 0. The Morgan fingerprint density at radius 3 is 2.68 bits per heavy atom. The zero-order chi connectivity index (χ0) is 17.1. The number of rotatable bonds is 3. The highest BCUT2D eigenvalue weighted by Crippen LogP contribution is 2.36. The van der Waals surface area contributed by atoms with Crippen LogP contribution in [0.2, 0.25) is 0 Å². The highest BCUT2D eigenvalue weighted by atomic mass is 16.2. The lowest BCUT2D eigenvalue weighted by Crippen LogP contribution is -2.52. The van der Waals surface area contributed by atoms with Gasteiger partial charge in [0.25, 0.3) is 5.91 Å². The second-order valence-electron chi connectivity index (χ2n) is 7.32. The number of carbonyl (C=O) groups excluding carboxylic acids is 3. The largest absolute Gasteiger partial charge is 0.322 e. The van der Waals surface area contributed by atoms with Gasteiger partial charge in [0.1, 0.15) is 6.04 Å². The van der Waals surface area contributed by atoms with Crippen LogP contribution in [0.5, 0.6) is 0 Å². The number of amides is 3. The molecule has 0 aliphatic carbocycles. The fraction of sp³-hybridized carbons (Fsp3) is 0.500. The number of piperidine rings is 1. The summed E-state index contributed by atoms with van der Waals surface area (Å²) in [4.78, 5) is 40.6. The molecule has 5 rings (SSSR count). The van der Waals surface area contributed by atoms with Crippen molar-refractivity contribution in [3.8, 4) is 0 Å². The molecule has 1 aromatic rings. The molecule has 7 nitrogen and oxygen atoms in total. The van der Waals surface area contributed by atoms with Crippen LogP contribution in [0.15, 0.2) is 18.2 Å². The van der Waals surface area contributed by atoms with E-state index < -0.39 is 6.04 Å². The molecule has 4 aliphatic rings. The molecule has 1 aromatic carbocycles. The topological polar surface area (TPSA) is 81.5 Å². The van der Waals surface area contributed by atoms with Crippen LogP contribution in [-0.4, -0.2) is 58.7 Å². The van der Waals surface area contributed by atoms with E-state index in [1.807, 2.05) is 18.2 Å². The maximum absolute atomic E-state index is 13.0. The van der Waals surface area contributed by atoms with Crippen molar-refractivity contribution >= 4 is 17.7 Å². The zero-order valence-electron chi connectivity index (χ0n) is 13.8. The van der Waals surface area contributed by atoms with Gasteiger partial charge in [-0.05, 0) is 17.5 Å². The lowest BCUT2D eigenvalue weighted by molar-refractivity contribution is -0.136. The maximum Gasteiger partial charge on any atom is 0.255 e. The average molecular weight is 340 g/mol. The first-order chi connectivity index (χ1) is 12.1. The Balaban J connectivity index is 1.39. The third kappa shape index (κ3) is 2.30. The fourth-order valence-corrected chi connectivity index (χ4v) is 4.53. The SMILES string of the molecule is O=C1CCC(N2Cc3cccc(CN4C5CNCC54)c3C2=O)C(=O)N1. The summed E-state index contributed by atoms with van der Waals surface area (Å²) in [5.74, 6) is -0.691. The molecule has 3 fully saturated rings. The normalized spacial score (nSPS) is 33.3. The van der Waals surface area contributed by atoms with Crippen LogP contribution >= 0.6 is 0 Å². The number of fused-ring (bicyclic) bond motifs is 2. The van der Waals surface area contributed by atoms with E-state index in [1.165, 1.54) is 0 Å². The van der Waals surface area contributed by atoms with Gasteiger partial charge in [-0.15, -0.1) is 0 Å². The minimum Gasteiger partial charge on any atom is -0.322 e. The van der Waals surface area contributed by atoms with Crippen LogP contribution in [0.3, 0.4) is 0 Å². The molecular weight excluding hydrogens is 320 g/mol. The quantitative estimate of drug-likeness (QED) is 0.578. The number of imide groups is 1. The molecule has 130 valence electrons. The molecule has 0 bridgehead atoms. The highest BCUT2D eigenvalue weighted by Gasteiger charge is 2.50. The Bertz CT molecular complexity index is 783. The number of carbonyl (C=O) groups is 3. The molecule has 0 saturated carbocycles. The lowest BCUT2D eigenvalue weighted by atomic mass is 10.0. The Morgan fingerprint density at radius 2 is 1.92 bits per heavy atom. The molecule has 4 aliphatic heterocycles. The Hall–Kier alpha value is -2.25. The van der Waals surface area contributed by atoms with Crippen molar-refractivity contribution in [3.63, 3.8) is 0 Å². The summed E-state index contributed by atoms with van der Waals surface area (Å²) >= 11 is 0. The van der Waals surface area contributed by atoms with Gasteiger partial charge in [0.05, 0.1) is 0 Å². The monoisotopic (exact) mass is 340 g/mol. The van der Waals surface area contributed by atoms with Gasteiger partial charge in [-0.3, -0.25) is 24.6 Å². The molecule has 3 saturated heterocycles. The van der Waals surface area contributed by atoms with Gasteiger partial charge in [0.2, 0.25) is 11.8 Å². The van der Waals surface area contributed by atoms with Gasteiger partial charge in [0, 0.05) is 50.2 Å². The van der Waals surface area contributed by atoms with E-state index in [1.54, 1.807) is 4.90 Å². The molecule has 0 spiro atoms. The summed E-state index contributed by atoms with van der Waals surface area (Å²) in [6.45, 7) is 3.28. The minimum absolute atomic E-state index is 0.0785. The summed E-state index contributed by atoms with van der Waals surface area (Å²) in [6, 6.07) is 6.62. The number of nitrogens with zero attached hydrogens (tertiary/aromatic N) is 2. The molecule has 0 radical (unpaired) electrons. The van der Waals surface area contributed by atoms with Gasteiger partial charge < -0.3 is 10.2 Å². The van der Waals surface area contributed by atoms with Crippen LogP contribution < -0.4 is 10.6 Å². The van der Waals surface area contributed by atoms with E-state index >= 15 is 0 Å². The van der Waals surface area contributed by atoms with Crippen molar-refractivity contribution in [2.24, 2.45) is 0 Å². The first kappa shape index (κ1) is 15.0. The van der Waals surface area contributed by atoms with Gasteiger partial charge in [0.15, 0.2) is 0 Å². The minimum atomic E-state index is -0.546. The van der Waals surface area contributed by atoms with E-state index in [-0.39, 0.29) is 24.1 Å². The van der Waals surface area contributed by atoms with Gasteiger partial charge in [-0.1, -0.05) is 18.2 Å². The van der Waals surface area contributed by atoms with Gasteiger partial charge in [-0.2, -0.15) is 0 Å². The fourth-order valence-electron chi connectivity index (χ4n) is 4.53. The van der Waals surface area contributed by atoms with Crippen molar-refractivity contribution in [1.82, 2.24) is 20.4 Å². The van der Waals surface area contributed by atoms with Crippen LogP contribution in [-0.2, 0) is 22.7 Å². The third-order valence-electron chi connectivity index (χ3n) is 5.91. The predicted molar refractivity (Wildman–Crippen MR) is 88.5 cm³/mol. The summed E-state index contributed by atoms with van der Waals surface area (Å²) in [5.41, 5.74) is 2.79. The number of piperazine rings is 1. The standard InChI is InChI=1S/C18H20N4O3/c23-15-5-4-12(17(24)20-15)22-9-11-3-1-2-10(16(11)18(22)25)8-21-13-6-19-7-14(13)21/h1-3,12-14,19H,4-9H2,(H,20,23,24). The van der Waals surface area contributed by atoms with E-state index in [0.717, 1.165) is 36.3 Å². The molecular formula is C18H20N4O3. The Morgan fingerprint density at radius 1 is 1.12 bits per heavy atom. The smallest absolute Gasteiger partial charge is 0.255 e. The summed E-state index contributed by atoms with van der Waals surface area (Å²) in [6.07, 6.45) is 0.690. The first-order valence-electron chi connectivity index (χ1n) is 8.85. The van der Waals surface area contributed by atoms with Crippen molar-refractivity contribution in [2.45, 2.75) is 44.1 Å². The van der Waals surface area contributed by atoms with E-state index in [9.17, 15) is 14.4 Å². The lowest BCUT2D eigenvalue weighted by Gasteiger charge is -2.29. The molecule has 4 heterocycles. The van der Waals surface area contributed by atoms with E-state index in [4.69, 9.17) is 0 Å². The molecule has 3 amide bonds. The van der Waals surface area contributed by atoms with Crippen LogP contribution in [0.25, 0.3) is 0 Å². The first-order valence-corrected chi connectivity index (χ1v) is 8.85. The highest BCUT2D eigenvalue weighted by molar-refractivity contribution is 6.06. The molecule has 7 heteroatoms. The Labute approximate surface area is 145 Å². The van der Waals surface area contributed by atoms with Gasteiger partial charge >= 0.3 is 0 Å². The second kappa shape index (κ2) is 5.37. The maximum atomic E-state index is 13.0. The van der Waals surface area contributed by atoms with Gasteiger partial charge in [-0.25, -0.2) is 0 Å². The zero-order valence-corrected chi connectivity index (χ0v) is 13.8. The average Bonchev–Trinajstić information content (AvgIpc) is 2.95. The number of nitrogens with one attached hydrogen (secondary N) is 2. The third-order valence-corrected chi connectivity index (χ3v) is 5.91. The molecule has 3 atom stereocenters. The molecule has 2 N–H and O–H groups in total. The van der Waals surface area contributed by atoms with Crippen LogP contribution in [0.1, 0.15) is 34.3 Å². The number of benzene rings is 1. The second-order valence-corrected chi connectivity index (χ2v) is 7.32. The molecule has 25 heavy (non-hydrogen) atoms. The summed E-state index contributed by atoms with van der Waals surface area (Å²) < 4.78 is 0. The van der Waals surface area contributed by atoms with E-state index in [2.05, 4.69) is 15.5 Å². The van der Waals surface area contributed by atoms with Crippen LogP contribution in [0, 0.1) is 0 Å². The van der Waals surface area contributed by atoms with Crippen molar-refractivity contribution < 1.29 is 14.4 Å². The van der Waals surface area contributed by atoms with Crippen molar-refractivity contribution in [2.75, 3.05) is 13.1 Å². The van der Waals surface area contributed by atoms with Crippen molar-refractivity contribution in [1.29, 1.82) is 0 Å². The molecule has 3 unspecified atom stereocenters. The van der Waals surface area contributed by atoms with Crippen molar-refractivity contribution in [3.05, 3.63) is 34.9 Å².